The van der Waals surface area contributed by atoms with Crippen LogP contribution >= 0.6 is 0 Å². The molecule has 8 nitrogen and oxygen atoms in total. The highest BCUT2D eigenvalue weighted by Gasteiger charge is 2.52. The molecule has 1 aliphatic heterocycles. The summed E-state index contributed by atoms with van der Waals surface area (Å²) in [7, 11) is 0. The molecule has 0 aliphatic carbocycles. The van der Waals surface area contributed by atoms with Crippen molar-refractivity contribution in [2.24, 2.45) is 0 Å². The quantitative estimate of drug-likeness (QED) is 0.126. The van der Waals surface area contributed by atoms with Gasteiger partial charge in [-0.1, -0.05) is 182 Å². The number of nitrogens with zero attached hydrogens (tertiary/aromatic N) is 4. The van der Waals surface area contributed by atoms with E-state index < -0.39 is 35.7 Å². The average molecular weight is 737 g/mol. The van der Waals surface area contributed by atoms with Crippen LogP contribution in [0.1, 0.15) is 39.6 Å². The zero-order valence-corrected chi connectivity index (χ0v) is 30.5. The van der Waals surface area contributed by atoms with Gasteiger partial charge in [-0.2, -0.15) is 0 Å². The number of aliphatic hydroxyl groups is 1. The van der Waals surface area contributed by atoms with Crippen LogP contribution in [0, 0.1) is 0 Å². The smallest absolute Gasteiger partial charge is 0.166 e. The van der Waals surface area contributed by atoms with Crippen molar-refractivity contribution < 1.29 is 19.3 Å². The van der Waals surface area contributed by atoms with Crippen molar-refractivity contribution in [3.8, 4) is 0 Å². The molecule has 8 aromatic rings. The van der Waals surface area contributed by atoms with E-state index >= 15 is 0 Å². The fraction of sp³-hybridized carbons (Fsp3) is 0.146. The second kappa shape index (κ2) is 15.5. The minimum Gasteiger partial charge on any atom is -0.387 e. The maximum absolute atomic E-state index is 12.7. The summed E-state index contributed by atoms with van der Waals surface area (Å²) in [6.07, 6.45) is 1.04. The molecule has 0 spiro atoms. The second-order valence-corrected chi connectivity index (χ2v) is 13.9. The van der Waals surface area contributed by atoms with Gasteiger partial charge in [-0.15, -0.1) is 0 Å². The van der Waals surface area contributed by atoms with Crippen LogP contribution in [0.3, 0.4) is 0 Å². The summed E-state index contributed by atoms with van der Waals surface area (Å²) < 4.78 is 23.6. The highest BCUT2D eigenvalue weighted by Crippen LogP contribution is 2.47. The van der Waals surface area contributed by atoms with Crippen LogP contribution < -0.4 is 0 Å². The van der Waals surface area contributed by atoms with Crippen molar-refractivity contribution in [2.75, 3.05) is 6.61 Å². The minimum absolute atomic E-state index is 0.0207. The summed E-state index contributed by atoms with van der Waals surface area (Å²) >= 11 is 0. The van der Waals surface area contributed by atoms with Crippen LogP contribution in [0.25, 0.3) is 11.2 Å². The molecule has 4 atom stereocenters. The number of aliphatic hydroxyl groups excluding tert-OH is 1. The Bertz CT molecular complexity index is 2280. The van der Waals surface area contributed by atoms with E-state index in [1.54, 1.807) is 12.5 Å². The van der Waals surface area contributed by atoms with Gasteiger partial charge in [-0.25, -0.2) is 15.0 Å². The summed E-state index contributed by atoms with van der Waals surface area (Å²) in [5.74, 6) is 0. The van der Waals surface area contributed by atoms with Gasteiger partial charge in [0.05, 0.1) is 19.1 Å². The van der Waals surface area contributed by atoms with E-state index in [1.165, 1.54) is 6.33 Å². The first-order chi connectivity index (χ1) is 27.7. The Balaban J connectivity index is 1.18. The maximum atomic E-state index is 12.7. The Morgan fingerprint density at radius 2 is 0.964 bits per heavy atom. The average Bonchev–Trinajstić information content (AvgIpc) is 3.85. The second-order valence-electron chi connectivity index (χ2n) is 13.9. The number of aromatic nitrogens is 4. The molecule has 1 N–H and O–H groups in total. The molecule has 1 saturated heterocycles. The largest absolute Gasteiger partial charge is 0.387 e. The first-order valence-corrected chi connectivity index (χ1v) is 18.8. The van der Waals surface area contributed by atoms with E-state index in [0.717, 1.165) is 33.4 Å². The number of hydrogen-bond donors (Lipinski definition) is 1. The van der Waals surface area contributed by atoms with E-state index in [4.69, 9.17) is 14.2 Å². The third-order valence-electron chi connectivity index (χ3n) is 10.7. The van der Waals surface area contributed by atoms with Gasteiger partial charge in [0.2, 0.25) is 0 Å². The predicted molar refractivity (Wildman–Crippen MR) is 214 cm³/mol. The standard InChI is InChI=1S/C48H40N4O4/c53-43-42(32-54-47(35-19-7-1-8-20-35,36-21-9-2-10-22-36)37-23-11-3-12-24-37)55-46(52-34-51-41-31-49-33-50-45(41)52)44(43)56-48(38-25-13-4-14-26-38,39-27-15-5-16-28-39)40-29-17-6-18-30-40/h1-31,33-34,42-44,46,53H,32H2/t42-,43-,44-,46-/m1/s1. The number of benzene rings is 6. The van der Waals surface area contributed by atoms with Gasteiger partial charge in [0.25, 0.3) is 0 Å². The van der Waals surface area contributed by atoms with E-state index in [9.17, 15) is 5.11 Å². The van der Waals surface area contributed by atoms with Crippen LogP contribution in [0.2, 0.25) is 0 Å². The molecule has 2 aromatic heterocycles. The third kappa shape index (κ3) is 6.28. The summed E-state index contributed by atoms with van der Waals surface area (Å²) in [6, 6.07) is 60.9. The van der Waals surface area contributed by atoms with Crippen LogP contribution in [0.4, 0.5) is 0 Å². The number of rotatable bonds is 12. The Morgan fingerprint density at radius 1 is 0.554 bits per heavy atom. The SMILES string of the molecule is O[C@H]1[C@@H](OC(c2ccccc2)(c2ccccc2)c2ccccc2)[C@H](n2cnc3cncnc32)O[C@@H]1COC(c1ccccc1)(c1ccccc1)c1ccccc1. The van der Waals surface area contributed by atoms with Gasteiger partial charge in [-0.05, 0) is 33.4 Å². The molecular weight excluding hydrogens is 697 g/mol. The Hall–Kier alpha value is -6.29. The molecule has 1 aliphatic rings. The van der Waals surface area contributed by atoms with Crippen LogP contribution in [-0.2, 0) is 25.4 Å². The number of fused-ring (bicyclic) bond motifs is 1. The van der Waals surface area contributed by atoms with Gasteiger partial charge in [0, 0.05) is 0 Å². The lowest BCUT2D eigenvalue weighted by molar-refractivity contribution is -0.122. The van der Waals surface area contributed by atoms with Crippen molar-refractivity contribution in [2.45, 2.75) is 35.7 Å². The van der Waals surface area contributed by atoms with Gasteiger partial charge in [0.15, 0.2) is 11.9 Å². The summed E-state index contributed by atoms with van der Waals surface area (Å²) in [5.41, 5.74) is 4.52. The van der Waals surface area contributed by atoms with Crippen molar-refractivity contribution in [3.63, 3.8) is 0 Å². The van der Waals surface area contributed by atoms with E-state index in [0.29, 0.717) is 11.2 Å². The van der Waals surface area contributed by atoms with E-state index in [-0.39, 0.29) is 6.61 Å². The van der Waals surface area contributed by atoms with Crippen LogP contribution in [-0.4, -0.2) is 49.5 Å². The maximum Gasteiger partial charge on any atom is 0.166 e. The molecule has 6 aromatic carbocycles. The molecule has 0 unspecified atom stereocenters. The van der Waals surface area contributed by atoms with Gasteiger partial charge >= 0.3 is 0 Å². The number of imidazole rings is 1. The highest BCUT2D eigenvalue weighted by atomic mass is 16.6. The summed E-state index contributed by atoms with van der Waals surface area (Å²) in [6.45, 7) is 0.0207. The number of ether oxygens (including phenoxy) is 3. The lowest BCUT2D eigenvalue weighted by Gasteiger charge is -2.40. The fourth-order valence-electron chi connectivity index (χ4n) is 8.08. The zero-order valence-electron chi connectivity index (χ0n) is 30.5. The molecule has 0 radical (unpaired) electrons. The predicted octanol–water partition coefficient (Wildman–Crippen LogP) is 8.47. The van der Waals surface area contributed by atoms with Gasteiger partial charge in [0.1, 0.15) is 41.4 Å². The van der Waals surface area contributed by atoms with Crippen molar-refractivity contribution in [1.82, 2.24) is 19.5 Å². The third-order valence-corrected chi connectivity index (χ3v) is 10.7. The molecule has 276 valence electrons. The minimum atomic E-state index is -1.16. The van der Waals surface area contributed by atoms with Crippen LogP contribution in [0.15, 0.2) is 201 Å². The first kappa shape index (κ1) is 35.4. The van der Waals surface area contributed by atoms with Gasteiger partial charge < -0.3 is 19.3 Å². The Labute approximate surface area is 325 Å². The zero-order chi connectivity index (χ0) is 37.8. The first-order valence-electron chi connectivity index (χ1n) is 18.8. The molecule has 1 fully saturated rings. The highest BCUT2D eigenvalue weighted by molar-refractivity contribution is 5.69. The number of hydrogen-bond acceptors (Lipinski definition) is 7. The van der Waals surface area contributed by atoms with E-state index in [1.807, 2.05) is 114 Å². The monoisotopic (exact) mass is 736 g/mol. The van der Waals surface area contributed by atoms with Crippen molar-refractivity contribution in [1.29, 1.82) is 0 Å². The normalized spacial score (nSPS) is 18.6. The molecule has 0 amide bonds. The van der Waals surface area contributed by atoms with Crippen LogP contribution in [0.5, 0.6) is 0 Å². The Kier molecular flexibility index (Phi) is 9.77. The molecule has 3 heterocycles. The van der Waals surface area contributed by atoms with Gasteiger partial charge in [-0.3, -0.25) is 4.57 Å². The lowest BCUT2D eigenvalue weighted by Crippen LogP contribution is -2.45. The molecule has 0 saturated carbocycles. The molecule has 0 bridgehead atoms. The molecule has 8 heteroatoms. The molecular formula is C48H40N4O4. The fourth-order valence-corrected chi connectivity index (χ4v) is 8.08. The topological polar surface area (TPSA) is 91.5 Å². The lowest BCUT2D eigenvalue weighted by atomic mass is 9.79. The summed E-state index contributed by atoms with van der Waals surface area (Å²) in [5, 5.41) is 12.7. The van der Waals surface area contributed by atoms with Crippen molar-refractivity contribution in [3.05, 3.63) is 234 Å². The Morgan fingerprint density at radius 3 is 1.39 bits per heavy atom. The van der Waals surface area contributed by atoms with E-state index in [2.05, 4.69) is 87.7 Å². The molecule has 9 rings (SSSR count). The molecule has 56 heavy (non-hydrogen) atoms. The summed E-state index contributed by atoms with van der Waals surface area (Å²) in [4.78, 5) is 13.4. The van der Waals surface area contributed by atoms with Crippen molar-refractivity contribution >= 4 is 11.2 Å².